The highest BCUT2D eigenvalue weighted by molar-refractivity contribution is 9.10. The average Bonchev–Trinajstić information content (AvgIpc) is 2.89. The van der Waals surface area contributed by atoms with E-state index in [0.717, 1.165) is 38.3 Å². The van der Waals surface area contributed by atoms with Crippen LogP contribution in [0.15, 0.2) is 10.8 Å². The summed E-state index contributed by atoms with van der Waals surface area (Å²) in [7, 11) is 1.66. The Morgan fingerprint density at radius 3 is 2.61 bits per heavy atom. The third-order valence-electron chi connectivity index (χ3n) is 3.86. The molecule has 0 bridgehead atoms. The summed E-state index contributed by atoms with van der Waals surface area (Å²) in [5.41, 5.74) is 10.1. The molecule has 0 fully saturated rings. The van der Waals surface area contributed by atoms with Gasteiger partial charge in [-0.05, 0) is 36.7 Å². The molecule has 3 rings (SSSR count). The van der Waals surface area contributed by atoms with E-state index in [-0.39, 0.29) is 5.95 Å². The van der Waals surface area contributed by atoms with Crippen molar-refractivity contribution in [1.82, 2.24) is 24.7 Å². The molecule has 8 heteroatoms. The Kier molecular flexibility index (Phi) is 3.93. The predicted molar refractivity (Wildman–Crippen MR) is 91.5 cm³/mol. The SMILES string of the molecule is COc1c(C)c(Br)nc(Cn2ncc3c(C)nc(N)nc32)c1C. The summed E-state index contributed by atoms with van der Waals surface area (Å²) in [6.07, 6.45) is 1.75. The van der Waals surface area contributed by atoms with Crippen molar-refractivity contribution in [2.24, 2.45) is 0 Å². The molecule has 0 atom stereocenters. The maximum absolute atomic E-state index is 5.76. The van der Waals surface area contributed by atoms with Gasteiger partial charge >= 0.3 is 0 Å². The zero-order chi connectivity index (χ0) is 16.7. The van der Waals surface area contributed by atoms with E-state index in [2.05, 4.69) is 36.0 Å². The highest BCUT2D eigenvalue weighted by Gasteiger charge is 2.16. The summed E-state index contributed by atoms with van der Waals surface area (Å²) in [5.74, 6) is 1.06. The molecule has 3 heterocycles. The van der Waals surface area contributed by atoms with Crippen LogP contribution >= 0.6 is 15.9 Å². The van der Waals surface area contributed by atoms with Crippen LogP contribution in [-0.4, -0.2) is 31.8 Å². The molecular formula is C15H17BrN6O. The van der Waals surface area contributed by atoms with Gasteiger partial charge in [-0.25, -0.2) is 14.6 Å². The van der Waals surface area contributed by atoms with Crippen LogP contribution in [0.2, 0.25) is 0 Å². The molecule has 23 heavy (non-hydrogen) atoms. The summed E-state index contributed by atoms with van der Waals surface area (Å²) >= 11 is 3.48. The molecular weight excluding hydrogens is 360 g/mol. The minimum absolute atomic E-state index is 0.240. The van der Waals surface area contributed by atoms with Crippen LogP contribution in [-0.2, 0) is 6.54 Å². The van der Waals surface area contributed by atoms with E-state index < -0.39 is 0 Å². The fraction of sp³-hybridized carbons (Fsp3) is 0.333. The molecule has 0 radical (unpaired) electrons. The number of ether oxygens (including phenoxy) is 1. The van der Waals surface area contributed by atoms with Crippen molar-refractivity contribution >= 4 is 32.9 Å². The Bertz CT molecular complexity index is 905. The Labute approximate surface area is 142 Å². The van der Waals surface area contributed by atoms with Gasteiger partial charge in [0.25, 0.3) is 0 Å². The number of rotatable bonds is 3. The van der Waals surface area contributed by atoms with Crippen LogP contribution in [0.3, 0.4) is 0 Å². The van der Waals surface area contributed by atoms with Crippen LogP contribution in [0.4, 0.5) is 5.95 Å². The van der Waals surface area contributed by atoms with E-state index in [1.54, 1.807) is 18.0 Å². The first-order valence-corrected chi connectivity index (χ1v) is 7.86. The second kappa shape index (κ2) is 5.77. The number of methoxy groups -OCH3 is 1. The van der Waals surface area contributed by atoms with Crippen molar-refractivity contribution in [2.75, 3.05) is 12.8 Å². The fourth-order valence-corrected chi connectivity index (χ4v) is 3.02. The van der Waals surface area contributed by atoms with Gasteiger partial charge in [0.15, 0.2) is 5.65 Å². The molecule has 3 aromatic rings. The number of hydrogen-bond donors (Lipinski definition) is 1. The fourth-order valence-electron chi connectivity index (χ4n) is 2.63. The van der Waals surface area contributed by atoms with Gasteiger partial charge in [0.1, 0.15) is 10.4 Å². The molecule has 0 saturated heterocycles. The van der Waals surface area contributed by atoms with Gasteiger partial charge in [0.2, 0.25) is 5.95 Å². The summed E-state index contributed by atoms with van der Waals surface area (Å²) in [5, 5.41) is 5.29. The van der Waals surface area contributed by atoms with E-state index in [1.807, 2.05) is 20.8 Å². The quantitative estimate of drug-likeness (QED) is 0.706. The largest absolute Gasteiger partial charge is 0.496 e. The Morgan fingerprint density at radius 2 is 1.91 bits per heavy atom. The minimum atomic E-state index is 0.240. The Morgan fingerprint density at radius 1 is 1.17 bits per heavy atom. The first-order valence-electron chi connectivity index (χ1n) is 7.07. The third kappa shape index (κ3) is 2.63. The van der Waals surface area contributed by atoms with Crippen molar-refractivity contribution in [2.45, 2.75) is 27.3 Å². The molecule has 0 aliphatic rings. The summed E-state index contributed by atoms with van der Waals surface area (Å²) in [6.45, 7) is 6.32. The van der Waals surface area contributed by atoms with Gasteiger partial charge < -0.3 is 10.5 Å². The van der Waals surface area contributed by atoms with E-state index in [4.69, 9.17) is 10.5 Å². The summed E-state index contributed by atoms with van der Waals surface area (Å²) < 4.78 is 8.03. The van der Waals surface area contributed by atoms with Crippen molar-refractivity contribution in [3.8, 4) is 5.75 Å². The highest BCUT2D eigenvalue weighted by Crippen LogP contribution is 2.30. The monoisotopic (exact) mass is 376 g/mol. The van der Waals surface area contributed by atoms with Crippen molar-refractivity contribution < 1.29 is 4.74 Å². The van der Waals surface area contributed by atoms with Crippen LogP contribution < -0.4 is 10.5 Å². The normalized spacial score (nSPS) is 11.2. The lowest BCUT2D eigenvalue weighted by molar-refractivity contribution is 0.406. The van der Waals surface area contributed by atoms with E-state index in [9.17, 15) is 0 Å². The number of nitrogens with two attached hydrogens (primary N) is 1. The number of halogens is 1. The first-order chi connectivity index (χ1) is 10.9. The molecule has 0 aliphatic heterocycles. The van der Waals surface area contributed by atoms with E-state index in [0.29, 0.717) is 12.2 Å². The zero-order valence-electron chi connectivity index (χ0n) is 13.4. The Hall–Kier alpha value is -2.22. The van der Waals surface area contributed by atoms with Crippen molar-refractivity contribution in [3.05, 3.63) is 33.3 Å². The van der Waals surface area contributed by atoms with Crippen molar-refractivity contribution in [3.63, 3.8) is 0 Å². The summed E-state index contributed by atoms with van der Waals surface area (Å²) in [6, 6.07) is 0. The average molecular weight is 377 g/mol. The van der Waals surface area contributed by atoms with E-state index >= 15 is 0 Å². The van der Waals surface area contributed by atoms with Gasteiger partial charge in [0.05, 0.1) is 36.6 Å². The smallest absolute Gasteiger partial charge is 0.222 e. The second-order valence-corrected chi connectivity index (χ2v) is 6.09. The number of hydrogen-bond acceptors (Lipinski definition) is 6. The highest BCUT2D eigenvalue weighted by atomic mass is 79.9. The standard InChI is InChI=1S/C15H17BrN6O/c1-7-11(20-13(16)8(2)12(7)23-4)6-22-14-10(5-18-22)9(3)19-15(17)21-14/h5H,6H2,1-4H3,(H2,17,19,21). The van der Waals surface area contributed by atoms with Crippen LogP contribution in [0.25, 0.3) is 11.0 Å². The predicted octanol–water partition coefficient (Wildman–Crippen LogP) is 2.55. The lowest BCUT2D eigenvalue weighted by Crippen LogP contribution is -2.09. The number of pyridine rings is 1. The minimum Gasteiger partial charge on any atom is -0.496 e. The molecule has 7 nitrogen and oxygen atoms in total. The molecule has 2 N–H and O–H groups in total. The number of anilines is 1. The molecule has 0 aromatic carbocycles. The van der Waals surface area contributed by atoms with Crippen molar-refractivity contribution in [1.29, 1.82) is 0 Å². The molecule has 120 valence electrons. The van der Waals surface area contributed by atoms with Gasteiger partial charge in [0, 0.05) is 11.1 Å². The number of fused-ring (bicyclic) bond motifs is 1. The lowest BCUT2D eigenvalue weighted by Gasteiger charge is -2.14. The van der Waals surface area contributed by atoms with Crippen LogP contribution in [0.1, 0.15) is 22.5 Å². The van der Waals surface area contributed by atoms with Crippen LogP contribution in [0, 0.1) is 20.8 Å². The number of nitrogen functional groups attached to an aromatic ring is 1. The maximum Gasteiger partial charge on any atom is 0.222 e. The number of nitrogens with zero attached hydrogens (tertiary/aromatic N) is 5. The number of aryl methyl sites for hydroxylation is 1. The van der Waals surface area contributed by atoms with Gasteiger partial charge in [-0.15, -0.1) is 0 Å². The van der Waals surface area contributed by atoms with Gasteiger partial charge in [-0.1, -0.05) is 0 Å². The molecule has 0 saturated carbocycles. The maximum atomic E-state index is 5.76. The van der Waals surface area contributed by atoms with Crippen LogP contribution in [0.5, 0.6) is 5.75 Å². The van der Waals surface area contributed by atoms with E-state index in [1.165, 1.54) is 0 Å². The first kappa shape index (κ1) is 15.7. The Balaban J connectivity index is 2.12. The van der Waals surface area contributed by atoms with Gasteiger partial charge in [-0.3, -0.25) is 0 Å². The lowest BCUT2D eigenvalue weighted by atomic mass is 10.1. The molecule has 3 aromatic heterocycles. The molecule has 0 amide bonds. The number of aromatic nitrogens is 5. The molecule has 0 unspecified atom stereocenters. The van der Waals surface area contributed by atoms with Gasteiger partial charge in [-0.2, -0.15) is 10.1 Å². The topological polar surface area (TPSA) is 91.7 Å². The second-order valence-electron chi connectivity index (χ2n) is 5.34. The zero-order valence-corrected chi connectivity index (χ0v) is 15.0. The third-order valence-corrected chi connectivity index (χ3v) is 4.64. The molecule has 0 aliphatic carbocycles. The molecule has 0 spiro atoms. The summed E-state index contributed by atoms with van der Waals surface area (Å²) in [4.78, 5) is 13.1.